The van der Waals surface area contributed by atoms with E-state index in [4.69, 9.17) is 0 Å². The fourth-order valence-electron chi connectivity index (χ4n) is 2.88. The van der Waals surface area contributed by atoms with E-state index in [2.05, 4.69) is 6.07 Å². The number of benzene rings is 1. The van der Waals surface area contributed by atoms with Crippen molar-refractivity contribution in [2.45, 2.75) is 45.1 Å². The summed E-state index contributed by atoms with van der Waals surface area (Å²) in [6.45, 7) is 1.89. The Kier molecular flexibility index (Phi) is 3.90. The van der Waals surface area contributed by atoms with Gasteiger partial charge in [0.15, 0.2) is 0 Å². The van der Waals surface area contributed by atoms with Gasteiger partial charge >= 0.3 is 0 Å². The third kappa shape index (κ3) is 2.79. The van der Waals surface area contributed by atoms with Gasteiger partial charge in [0, 0.05) is 16.2 Å². The lowest BCUT2D eigenvalue weighted by molar-refractivity contribution is 0.182. The lowest BCUT2D eigenvalue weighted by Crippen LogP contribution is -2.01. The van der Waals surface area contributed by atoms with E-state index in [9.17, 15) is 9.50 Å². The van der Waals surface area contributed by atoms with E-state index in [1.807, 2.05) is 6.92 Å². The highest BCUT2D eigenvalue weighted by Gasteiger charge is 2.18. The zero-order valence-corrected chi connectivity index (χ0v) is 12.5. The molecule has 1 atom stereocenters. The van der Waals surface area contributed by atoms with Gasteiger partial charge in [0.05, 0.1) is 6.10 Å². The molecule has 0 spiro atoms. The molecule has 0 radical (unpaired) electrons. The van der Waals surface area contributed by atoms with Gasteiger partial charge in [-0.1, -0.05) is 6.07 Å². The third-order valence-corrected chi connectivity index (χ3v) is 5.40. The molecular weight excluding hydrogens is 271 g/mol. The molecule has 1 aliphatic rings. The van der Waals surface area contributed by atoms with Gasteiger partial charge in [0.2, 0.25) is 0 Å². The van der Waals surface area contributed by atoms with Gasteiger partial charge in [0.1, 0.15) is 5.82 Å². The van der Waals surface area contributed by atoms with E-state index in [0.717, 1.165) is 28.8 Å². The van der Waals surface area contributed by atoms with Crippen molar-refractivity contribution in [2.75, 3.05) is 0 Å². The number of halogens is 1. The molecule has 1 unspecified atom stereocenters. The van der Waals surface area contributed by atoms with Crippen LogP contribution >= 0.6 is 11.3 Å². The number of aliphatic hydroxyl groups is 1. The fourth-order valence-corrected chi connectivity index (χ4v) is 4.12. The first-order valence-corrected chi connectivity index (χ1v) is 7.99. The topological polar surface area (TPSA) is 20.2 Å². The summed E-state index contributed by atoms with van der Waals surface area (Å²) in [7, 11) is 0. The van der Waals surface area contributed by atoms with E-state index >= 15 is 0 Å². The van der Waals surface area contributed by atoms with Crippen LogP contribution in [0, 0.1) is 12.7 Å². The van der Waals surface area contributed by atoms with Gasteiger partial charge in [-0.3, -0.25) is 0 Å². The minimum absolute atomic E-state index is 0.215. The van der Waals surface area contributed by atoms with Crippen LogP contribution in [0.1, 0.15) is 45.4 Å². The van der Waals surface area contributed by atoms with Crippen LogP contribution in [0.5, 0.6) is 0 Å². The summed E-state index contributed by atoms with van der Waals surface area (Å²) >= 11 is 1.75. The Morgan fingerprint density at radius 1 is 1.25 bits per heavy atom. The Morgan fingerprint density at radius 2 is 2.05 bits per heavy atom. The Morgan fingerprint density at radius 3 is 2.80 bits per heavy atom. The number of hydrogen-bond donors (Lipinski definition) is 1. The van der Waals surface area contributed by atoms with Crippen LogP contribution in [0.15, 0.2) is 24.3 Å². The molecule has 1 nitrogen and oxygen atoms in total. The highest BCUT2D eigenvalue weighted by atomic mass is 32.1. The van der Waals surface area contributed by atoms with Gasteiger partial charge in [-0.05, 0) is 67.5 Å². The van der Waals surface area contributed by atoms with E-state index in [1.165, 1.54) is 35.4 Å². The van der Waals surface area contributed by atoms with Crippen molar-refractivity contribution in [3.8, 4) is 0 Å². The SMILES string of the molecule is Cc1cc(F)ccc1CC(O)c1cc2c(s1)CCCC2. The van der Waals surface area contributed by atoms with Crippen molar-refractivity contribution in [1.82, 2.24) is 0 Å². The summed E-state index contributed by atoms with van der Waals surface area (Å²) in [6.07, 6.45) is 4.91. The summed E-state index contributed by atoms with van der Waals surface area (Å²) in [4.78, 5) is 2.50. The number of rotatable bonds is 3. The van der Waals surface area contributed by atoms with Gasteiger partial charge in [-0.25, -0.2) is 4.39 Å². The Labute approximate surface area is 123 Å². The highest BCUT2D eigenvalue weighted by molar-refractivity contribution is 7.12. The standard InChI is InChI=1S/C17H19FOS/c1-11-8-14(18)7-6-12(11)9-15(19)17-10-13-4-2-3-5-16(13)20-17/h6-8,10,15,19H,2-5,9H2,1H3. The molecule has 1 aromatic carbocycles. The quantitative estimate of drug-likeness (QED) is 0.891. The summed E-state index contributed by atoms with van der Waals surface area (Å²) in [5.74, 6) is -0.215. The van der Waals surface area contributed by atoms with E-state index in [1.54, 1.807) is 17.4 Å². The summed E-state index contributed by atoms with van der Waals surface area (Å²) < 4.78 is 13.1. The zero-order valence-electron chi connectivity index (χ0n) is 11.7. The molecule has 20 heavy (non-hydrogen) atoms. The first kappa shape index (κ1) is 13.8. The lowest BCUT2D eigenvalue weighted by atomic mass is 9.97. The highest BCUT2D eigenvalue weighted by Crippen LogP contribution is 2.34. The second-order valence-electron chi connectivity index (χ2n) is 5.60. The normalized spacial score (nSPS) is 15.9. The average Bonchev–Trinajstić information content (AvgIpc) is 2.86. The van der Waals surface area contributed by atoms with Gasteiger partial charge in [-0.15, -0.1) is 11.3 Å². The molecule has 0 aliphatic heterocycles. The van der Waals surface area contributed by atoms with Crippen LogP contribution in [-0.4, -0.2) is 5.11 Å². The van der Waals surface area contributed by atoms with Crippen molar-refractivity contribution in [3.63, 3.8) is 0 Å². The Balaban J connectivity index is 1.78. The Bertz CT molecular complexity index is 594. The molecule has 0 fully saturated rings. The van der Waals surface area contributed by atoms with E-state index in [0.29, 0.717) is 6.42 Å². The number of thiophene rings is 1. The minimum atomic E-state index is -0.477. The molecule has 3 heteroatoms. The molecule has 1 heterocycles. The summed E-state index contributed by atoms with van der Waals surface area (Å²) in [5.41, 5.74) is 3.35. The second kappa shape index (κ2) is 5.66. The predicted molar refractivity (Wildman–Crippen MR) is 80.8 cm³/mol. The molecule has 0 saturated carbocycles. The van der Waals surface area contributed by atoms with Crippen LogP contribution in [0.2, 0.25) is 0 Å². The molecule has 1 aromatic heterocycles. The van der Waals surface area contributed by atoms with Crippen molar-refractivity contribution >= 4 is 11.3 Å². The third-order valence-electron chi connectivity index (χ3n) is 4.06. The van der Waals surface area contributed by atoms with Crippen LogP contribution < -0.4 is 0 Å². The number of hydrogen-bond acceptors (Lipinski definition) is 2. The molecule has 2 aromatic rings. The smallest absolute Gasteiger partial charge is 0.123 e. The largest absolute Gasteiger partial charge is 0.387 e. The number of fused-ring (bicyclic) bond motifs is 1. The van der Waals surface area contributed by atoms with Gasteiger partial charge < -0.3 is 5.11 Å². The molecule has 1 N–H and O–H groups in total. The molecule has 3 rings (SSSR count). The van der Waals surface area contributed by atoms with E-state index < -0.39 is 6.10 Å². The van der Waals surface area contributed by atoms with Crippen molar-refractivity contribution in [3.05, 3.63) is 56.5 Å². The minimum Gasteiger partial charge on any atom is -0.387 e. The summed E-state index contributed by atoms with van der Waals surface area (Å²) in [6, 6.07) is 6.94. The first-order chi connectivity index (χ1) is 9.63. The van der Waals surface area contributed by atoms with Gasteiger partial charge in [-0.2, -0.15) is 0 Å². The molecule has 0 saturated heterocycles. The van der Waals surface area contributed by atoms with Crippen LogP contribution in [0.3, 0.4) is 0 Å². The molecule has 0 amide bonds. The number of aliphatic hydroxyl groups excluding tert-OH is 1. The average molecular weight is 290 g/mol. The van der Waals surface area contributed by atoms with E-state index in [-0.39, 0.29) is 5.82 Å². The van der Waals surface area contributed by atoms with Crippen LogP contribution in [0.25, 0.3) is 0 Å². The summed E-state index contributed by atoms with van der Waals surface area (Å²) in [5, 5.41) is 10.4. The van der Waals surface area contributed by atoms with Crippen molar-refractivity contribution < 1.29 is 9.50 Å². The molecular formula is C17H19FOS. The second-order valence-corrected chi connectivity index (χ2v) is 6.76. The maximum absolute atomic E-state index is 13.1. The van der Waals surface area contributed by atoms with Gasteiger partial charge in [0.25, 0.3) is 0 Å². The maximum Gasteiger partial charge on any atom is 0.123 e. The lowest BCUT2D eigenvalue weighted by Gasteiger charge is -2.11. The zero-order chi connectivity index (χ0) is 14.1. The Hall–Kier alpha value is -1.19. The molecule has 1 aliphatic carbocycles. The fraction of sp³-hybridized carbons (Fsp3) is 0.412. The molecule has 106 valence electrons. The molecule has 0 bridgehead atoms. The van der Waals surface area contributed by atoms with Crippen molar-refractivity contribution in [2.24, 2.45) is 0 Å². The number of aryl methyl sites for hydroxylation is 3. The van der Waals surface area contributed by atoms with Crippen molar-refractivity contribution in [1.29, 1.82) is 0 Å². The van der Waals surface area contributed by atoms with Crippen LogP contribution in [-0.2, 0) is 19.3 Å². The predicted octanol–water partition coefficient (Wildman–Crippen LogP) is 4.35. The first-order valence-electron chi connectivity index (χ1n) is 7.18. The van der Waals surface area contributed by atoms with Crippen LogP contribution in [0.4, 0.5) is 4.39 Å². The monoisotopic (exact) mass is 290 g/mol. The maximum atomic E-state index is 13.1.